The molecule has 8 heteroatoms. The van der Waals surface area contributed by atoms with E-state index in [1.807, 2.05) is 0 Å². The van der Waals surface area contributed by atoms with Gasteiger partial charge >= 0.3 is 12.0 Å². The van der Waals surface area contributed by atoms with Crippen LogP contribution in [0.1, 0.15) is 28.4 Å². The number of nitrogens with one attached hydrogen (secondary N) is 2. The lowest BCUT2D eigenvalue weighted by atomic mass is 10.2. The number of amides is 2. The fourth-order valence-corrected chi connectivity index (χ4v) is 3.22. The molecule has 24 heavy (non-hydrogen) atoms. The summed E-state index contributed by atoms with van der Waals surface area (Å²) < 4.78 is 5.01. The molecule has 0 saturated heterocycles. The van der Waals surface area contributed by atoms with Crippen molar-refractivity contribution < 1.29 is 14.3 Å². The van der Waals surface area contributed by atoms with Crippen LogP contribution in [0.3, 0.4) is 0 Å². The van der Waals surface area contributed by atoms with Crippen LogP contribution in [0.4, 0.5) is 9.80 Å². The van der Waals surface area contributed by atoms with Crippen LogP contribution in [0.15, 0.2) is 23.6 Å². The van der Waals surface area contributed by atoms with Crippen molar-refractivity contribution in [1.29, 1.82) is 0 Å². The number of carbonyl (C=O) groups is 2. The van der Waals surface area contributed by atoms with Crippen LogP contribution < -0.4 is 10.6 Å². The molecule has 1 aromatic carbocycles. The number of urea groups is 1. The lowest BCUT2D eigenvalue weighted by Crippen LogP contribution is -2.28. The van der Waals surface area contributed by atoms with Gasteiger partial charge in [-0.3, -0.25) is 5.32 Å². The van der Waals surface area contributed by atoms with Crippen LogP contribution in [-0.4, -0.2) is 18.6 Å². The van der Waals surface area contributed by atoms with Crippen LogP contribution in [0.5, 0.6) is 0 Å². The zero-order chi connectivity index (χ0) is 17.7. The zero-order valence-electron chi connectivity index (χ0n) is 13.1. The molecule has 0 spiro atoms. The van der Waals surface area contributed by atoms with Crippen LogP contribution in [0, 0.1) is 6.92 Å². The van der Waals surface area contributed by atoms with Crippen LogP contribution in [0.25, 0.3) is 0 Å². The van der Waals surface area contributed by atoms with E-state index >= 15 is 0 Å². The largest absolute Gasteiger partial charge is 0.462 e. The molecule has 0 aliphatic heterocycles. The minimum Gasteiger partial charge on any atom is -0.462 e. The quantitative estimate of drug-likeness (QED) is 0.720. The number of benzene rings is 1. The van der Waals surface area contributed by atoms with Gasteiger partial charge in [0.25, 0.3) is 0 Å². The smallest absolute Gasteiger partial charge is 0.341 e. The third-order valence-corrected chi connectivity index (χ3v) is 4.87. The Hall–Kier alpha value is -1.76. The molecule has 1 heterocycles. The Morgan fingerprint density at radius 2 is 2.00 bits per heavy atom. The molecule has 5 nitrogen and oxygen atoms in total. The zero-order valence-corrected chi connectivity index (χ0v) is 15.4. The maximum absolute atomic E-state index is 12.1. The van der Waals surface area contributed by atoms with Gasteiger partial charge in [0.2, 0.25) is 0 Å². The third kappa shape index (κ3) is 4.63. The molecule has 0 radical (unpaired) electrons. The van der Waals surface area contributed by atoms with Gasteiger partial charge in [-0.1, -0.05) is 29.3 Å². The first-order valence-corrected chi connectivity index (χ1v) is 8.80. The van der Waals surface area contributed by atoms with E-state index in [9.17, 15) is 9.59 Å². The normalized spacial score (nSPS) is 10.3. The van der Waals surface area contributed by atoms with Crippen molar-refractivity contribution in [3.05, 3.63) is 50.3 Å². The summed E-state index contributed by atoms with van der Waals surface area (Å²) in [4.78, 5) is 24.0. The summed E-state index contributed by atoms with van der Waals surface area (Å²) in [5.41, 5.74) is 1.96. The number of anilines is 1. The van der Waals surface area contributed by atoms with Crippen LogP contribution >= 0.6 is 34.5 Å². The minimum atomic E-state index is -0.448. The minimum absolute atomic E-state index is 0.275. The summed E-state index contributed by atoms with van der Waals surface area (Å²) in [6, 6.07) is 4.70. The Bertz CT molecular complexity index is 762. The topological polar surface area (TPSA) is 67.4 Å². The molecule has 0 saturated carbocycles. The second-order valence-corrected chi connectivity index (χ2v) is 6.59. The van der Waals surface area contributed by atoms with Crippen molar-refractivity contribution in [1.82, 2.24) is 5.32 Å². The number of ether oxygens (including phenoxy) is 1. The van der Waals surface area contributed by atoms with Crippen LogP contribution in [0.2, 0.25) is 10.0 Å². The molecule has 0 atom stereocenters. The van der Waals surface area contributed by atoms with E-state index in [0.717, 1.165) is 11.1 Å². The lowest BCUT2D eigenvalue weighted by Gasteiger charge is -2.09. The number of rotatable bonds is 5. The lowest BCUT2D eigenvalue weighted by molar-refractivity contribution is 0.0527. The second kappa shape index (κ2) is 8.37. The Kier molecular flexibility index (Phi) is 6.48. The average Bonchev–Trinajstić information content (AvgIpc) is 2.89. The highest BCUT2D eigenvalue weighted by atomic mass is 35.5. The Balaban J connectivity index is 2.00. The van der Waals surface area contributed by atoms with Crippen molar-refractivity contribution in [2.45, 2.75) is 20.4 Å². The van der Waals surface area contributed by atoms with Gasteiger partial charge in [-0.15, -0.1) is 11.3 Å². The van der Waals surface area contributed by atoms with Gasteiger partial charge in [0.1, 0.15) is 5.00 Å². The van der Waals surface area contributed by atoms with Gasteiger partial charge in [-0.05, 0) is 42.5 Å². The van der Waals surface area contributed by atoms with Crippen LogP contribution in [-0.2, 0) is 11.3 Å². The molecule has 0 unspecified atom stereocenters. The number of hydrogen-bond acceptors (Lipinski definition) is 4. The molecule has 128 valence electrons. The fraction of sp³-hybridized carbons (Fsp3) is 0.250. The van der Waals surface area contributed by atoms with E-state index in [1.54, 1.807) is 37.4 Å². The summed E-state index contributed by atoms with van der Waals surface area (Å²) in [5.74, 6) is -0.448. The molecule has 0 aliphatic rings. The molecule has 1 aromatic heterocycles. The van der Waals surface area contributed by atoms with Gasteiger partial charge in [-0.2, -0.15) is 0 Å². The molecule has 0 fully saturated rings. The molecule has 2 N–H and O–H groups in total. The Morgan fingerprint density at radius 3 is 2.67 bits per heavy atom. The van der Waals surface area contributed by atoms with E-state index in [0.29, 0.717) is 20.6 Å². The first kappa shape index (κ1) is 18.6. The van der Waals surface area contributed by atoms with Gasteiger partial charge in [0.05, 0.1) is 22.2 Å². The number of esters is 1. The molecule has 2 aromatic rings. The van der Waals surface area contributed by atoms with Gasteiger partial charge in [0, 0.05) is 6.54 Å². The molecular formula is C16H16Cl2N2O3S. The molecule has 0 bridgehead atoms. The SMILES string of the molecule is CCOC(=O)c1c(C)csc1NC(=O)NCc1ccc(Cl)c(Cl)c1. The number of aryl methyl sites for hydroxylation is 1. The maximum Gasteiger partial charge on any atom is 0.341 e. The highest BCUT2D eigenvalue weighted by molar-refractivity contribution is 7.15. The summed E-state index contributed by atoms with van der Waals surface area (Å²) in [5, 5.41) is 8.51. The Labute approximate surface area is 153 Å². The summed E-state index contributed by atoms with van der Waals surface area (Å²) >= 11 is 13.1. The van der Waals surface area contributed by atoms with Crippen molar-refractivity contribution in [3.63, 3.8) is 0 Å². The summed E-state index contributed by atoms with van der Waals surface area (Å²) in [6.07, 6.45) is 0. The van der Waals surface area contributed by atoms with E-state index in [1.165, 1.54) is 11.3 Å². The van der Waals surface area contributed by atoms with Gasteiger partial charge in [0.15, 0.2) is 0 Å². The summed E-state index contributed by atoms with van der Waals surface area (Å²) in [6.45, 7) is 4.08. The number of carbonyl (C=O) groups excluding carboxylic acids is 2. The number of hydrogen-bond donors (Lipinski definition) is 2. The summed E-state index contributed by atoms with van der Waals surface area (Å²) in [7, 11) is 0. The molecule has 0 aliphatic carbocycles. The van der Waals surface area contributed by atoms with E-state index in [-0.39, 0.29) is 13.2 Å². The predicted molar refractivity (Wildman–Crippen MR) is 97.3 cm³/mol. The molecule has 2 rings (SSSR count). The van der Waals surface area contributed by atoms with Gasteiger partial charge < -0.3 is 10.1 Å². The van der Waals surface area contributed by atoms with E-state index in [2.05, 4.69) is 10.6 Å². The third-order valence-electron chi connectivity index (χ3n) is 3.12. The van der Waals surface area contributed by atoms with Gasteiger partial charge in [-0.25, -0.2) is 9.59 Å². The van der Waals surface area contributed by atoms with Crippen molar-refractivity contribution in [2.24, 2.45) is 0 Å². The first-order valence-electron chi connectivity index (χ1n) is 7.16. The first-order chi connectivity index (χ1) is 11.4. The second-order valence-electron chi connectivity index (χ2n) is 4.90. The predicted octanol–water partition coefficient (Wildman–Crippen LogP) is 4.86. The average molecular weight is 387 g/mol. The monoisotopic (exact) mass is 386 g/mol. The van der Waals surface area contributed by atoms with Crippen molar-refractivity contribution >= 4 is 51.5 Å². The van der Waals surface area contributed by atoms with Crippen molar-refractivity contribution in [3.8, 4) is 0 Å². The number of halogens is 2. The standard InChI is InChI=1S/C16H16Cl2N2O3S/c1-3-23-15(21)13-9(2)8-24-14(13)20-16(22)19-7-10-4-5-11(17)12(18)6-10/h4-6,8H,3,7H2,1-2H3,(H2,19,20,22). The van der Waals surface area contributed by atoms with E-state index in [4.69, 9.17) is 27.9 Å². The van der Waals surface area contributed by atoms with E-state index < -0.39 is 12.0 Å². The fourth-order valence-electron chi connectivity index (χ4n) is 1.97. The molecular weight excluding hydrogens is 371 g/mol. The van der Waals surface area contributed by atoms with Crippen molar-refractivity contribution in [2.75, 3.05) is 11.9 Å². The Morgan fingerprint density at radius 1 is 1.25 bits per heavy atom. The maximum atomic E-state index is 12.1. The molecule has 2 amide bonds. The number of thiophene rings is 1. The highest BCUT2D eigenvalue weighted by Gasteiger charge is 2.19. The highest BCUT2D eigenvalue weighted by Crippen LogP contribution is 2.28.